The number of benzene rings is 2. The average molecular weight is 399 g/mol. The van der Waals surface area contributed by atoms with Gasteiger partial charge in [0.15, 0.2) is 0 Å². The van der Waals surface area contributed by atoms with Crippen LogP contribution in [0.2, 0.25) is 5.02 Å². The number of nitrogens with zero attached hydrogens (tertiary/aromatic N) is 1. The highest BCUT2D eigenvalue weighted by Crippen LogP contribution is 2.43. The third-order valence-electron chi connectivity index (χ3n) is 4.63. The molecular weight excluding hydrogens is 380 g/mol. The van der Waals surface area contributed by atoms with E-state index in [1.165, 1.54) is 17.8 Å². The van der Waals surface area contributed by atoms with Crippen LogP contribution in [0.4, 0.5) is 5.69 Å². The second kappa shape index (κ2) is 7.33. The summed E-state index contributed by atoms with van der Waals surface area (Å²) in [6.45, 7) is 1.88. The van der Waals surface area contributed by atoms with Crippen LogP contribution < -0.4 is 10.1 Å². The number of aromatic nitrogens is 1. The van der Waals surface area contributed by atoms with Gasteiger partial charge in [-0.3, -0.25) is 4.79 Å². The summed E-state index contributed by atoms with van der Waals surface area (Å²) in [4.78, 5) is 17.3. The van der Waals surface area contributed by atoms with E-state index in [-0.39, 0.29) is 5.91 Å². The highest BCUT2D eigenvalue weighted by molar-refractivity contribution is 7.10. The summed E-state index contributed by atoms with van der Waals surface area (Å²) >= 11 is 8.16. The van der Waals surface area contributed by atoms with Gasteiger partial charge in [-0.15, -0.1) is 11.3 Å². The standard InChI is InChI=1S/C21H19ClN2O2S/c1-12-9-15(26-2)6-8-16(12)20(25)23-14-5-7-17(18(22)10-14)19-11-27-21(24-19)13-3-4-13/h5-11,13H,3-4H2,1-2H3,(H,23,25). The van der Waals surface area contributed by atoms with Gasteiger partial charge in [0.2, 0.25) is 0 Å². The summed E-state index contributed by atoms with van der Waals surface area (Å²) in [5.74, 6) is 1.18. The highest BCUT2D eigenvalue weighted by atomic mass is 35.5. The molecule has 1 aliphatic rings. The fourth-order valence-corrected chi connectivity index (χ4v) is 4.21. The number of hydrogen-bond acceptors (Lipinski definition) is 4. The Hall–Kier alpha value is -2.37. The molecule has 27 heavy (non-hydrogen) atoms. The zero-order valence-electron chi connectivity index (χ0n) is 15.1. The van der Waals surface area contributed by atoms with Gasteiger partial charge >= 0.3 is 0 Å². The van der Waals surface area contributed by atoms with Crippen molar-refractivity contribution in [1.82, 2.24) is 4.98 Å². The Morgan fingerprint density at radius 1 is 1.26 bits per heavy atom. The van der Waals surface area contributed by atoms with E-state index in [4.69, 9.17) is 21.3 Å². The van der Waals surface area contributed by atoms with E-state index in [1.54, 1.807) is 36.6 Å². The molecule has 6 heteroatoms. The first-order chi connectivity index (χ1) is 13.0. The van der Waals surface area contributed by atoms with Gasteiger partial charge in [-0.2, -0.15) is 0 Å². The van der Waals surface area contributed by atoms with Crippen molar-refractivity contribution in [1.29, 1.82) is 0 Å². The number of methoxy groups -OCH3 is 1. The molecule has 0 spiro atoms. The van der Waals surface area contributed by atoms with E-state index in [2.05, 4.69) is 5.32 Å². The third kappa shape index (κ3) is 3.84. The van der Waals surface area contributed by atoms with Crippen molar-refractivity contribution in [3.8, 4) is 17.0 Å². The lowest BCUT2D eigenvalue weighted by molar-refractivity contribution is 0.102. The minimum absolute atomic E-state index is 0.177. The summed E-state index contributed by atoms with van der Waals surface area (Å²) in [7, 11) is 1.61. The van der Waals surface area contributed by atoms with Gasteiger partial charge in [0.05, 0.1) is 22.8 Å². The number of ether oxygens (including phenoxy) is 1. The van der Waals surface area contributed by atoms with Gasteiger partial charge in [-0.25, -0.2) is 4.98 Å². The minimum Gasteiger partial charge on any atom is -0.497 e. The van der Waals surface area contributed by atoms with Gasteiger partial charge < -0.3 is 10.1 Å². The summed E-state index contributed by atoms with van der Waals surface area (Å²) < 4.78 is 5.19. The van der Waals surface area contributed by atoms with E-state index < -0.39 is 0 Å². The van der Waals surface area contributed by atoms with Gasteiger partial charge in [0, 0.05) is 28.1 Å². The average Bonchev–Trinajstić information content (AvgIpc) is 3.39. The van der Waals surface area contributed by atoms with Crippen molar-refractivity contribution in [3.05, 3.63) is 62.9 Å². The largest absolute Gasteiger partial charge is 0.497 e. The number of thiazole rings is 1. The summed E-state index contributed by atoms with van der Waals surface area (Å²) in [6, 6.07) is 10.9. The smallest absolute Gasteiger partial charge is 0.255 e. The maximum Gasteiger partial charge on any atom is 0.255 e. The van der Waals surface area contributed by atoms with Crippen molar-refractivity contribution in [2.24, 2.45) is 0 Å². The lowest BCUT2D eigenvalue weighted by Gasteiger charge is -2.10. The molecule has 138 valence electrons. The molecule has 1 heterocycles. The van der Waals surface area contributed by atoms with E-state index in [1.807, 2.05) is 30.5 Å². The fourth-order valence-electron chi connectivity index (χ4n) is 2.95. The van der Waals surface area contributed by atoms with Crippen molar-refractivity contribution >= 4 is 34.5 Å². The lowest BCUT2D eigenvalue weighted by atomic mass is 10.1. The molecule has 1 saturated carbocycles. The Bertz CT molecular complexity index is 1010. The van der Waals surface area contributed by atoms with E-state index in [0.29, 0.717) is 22.2 Å². The first-order valence-electron chi connectivity index (χ1n) is 8.76. The summed E-state index contributed by atoms with van der Waals surface area (Å²) in [5.41, 5.74) is 3.89. The number of hydrogen-bond donors (Lipinski definition) is 1. The Kier molecular flexibility index (Phi) is 4.89. The highest BCUT2D eigenvalue weighted by Gasteiger charge is 2.27. The molecule has 0 bridgehead atoms. The van der Waals surface area contributed by atoms with Crippen molar-refractivity contribution in [2.45, 2.75) is 25.7 Å². The van der Waals surface area contributed by atoms with Crippen LogP contribution in [0.15, 0.2) is 41.8 Å². The fraction of sp³-hybridized carbons (Fsp3) is 0.238. The molecule has 0 radical (unpaired) electrons. The first kappa shape index (κ1) is 18.0. The number of aryl methyl sites for hydroxylation is 1. The SMILES string of the molecule is COc1ccc(C(=O)Nc2ccc(-c3csc(C4CC4)n3)c(Cl)c2)c(C)c1. The minimum atomic E-state index is -0.177. The molecule has 0 aliphatic heterocycles. The Morgan fingerprint density at radius 3 is 2.74 bits per heavy atom. The van der Waals surface area contributed by atoms with Crippen LogP contribution in [-0.2, 0) is 0 Å². The zero-order valence-corrected chi connectivity index (χ0v) is 16.7. The first-order valence-corrected chi connectivity index (χ1v) is 10.0. The lowest BCUT2D eigenvalue weighted by Crippen LogP contribution is -2.13. The molecule has 0 atom stereocenters. The Balaban J connectivity index is 1.52. The van der Waals surface area contributed by atoms with Crippen LogP contribution in [0.5, 0.6) is 5.75 Å². The predicted octanol–water partition coefficient (Wildman–Crippen LogP) is 5.91. The Morgan fingerprint density at radius 2 is 2.07 bits per heavy atom. The number of amides is 1. The van der Waals surface area contributed by atoms with Crippen molar-refractivity contribution in [3.63, 3.8) is 0 Å². The molecule has 1 aliphatic carbocycles. The number of anilines is 1. The molecule has 0 unspecified atom stereocenters. The number of halogens is 1. The molecule has 2 aromatic carbocycles. The van der Waals surface area contributed by atoms with Crippen molar-refractivity contribution < 1.29 is 9.53 Å². The summed E-state index contributed by atoms with van der Waals surface area (Å²) in [6.07, 6.45) is 2.47. The third-order valence-corrected chi connectivity index (χ3v) is 5.95. The monoisotopic (exact) mass is 398 g/mol. The number of rotatable bonds is 5. The van der Waals surface area contributed by atoms with Crippen LogP contribution in [0.3, 0.4) is 0 Å². The number of carbonyl (C=O) groups excluding carboxylic acids is 1. The van der Waals surface area contributed by atoms with Crippen LogP contribution in [0.25, 0.3) is 11.3 Å². The normalized spacial score (nSPS) is 13.4. The van der Waals surface area contributed by atoms with Crippen LogP contribution in [0.1, 0.15) is 39.7 Å². The van der Waals surface area contributed by atoms with Gasteiger partial charge in [-0.1, -0.05) is 11.6 Å². The maximum absolute atomic E-state index is 12.6. The molecular formula is C21H19ClN2O2S. The molecule has 4 rings (SSSR count). The van der Waals surface area contributed by atoms with E-state index in [0.717, 1.165) is 22.6 Å². The van der Waals surface area contributed by atoms with E-state index in [9.17, 15) is 4.79 Å². The maximum atomic E-state index is 12.6. The van der Waals surface area contributed by atoms with Gasteiger partial charge in [0.25, 0.3) is 5.91 Å². The molecule has 4 nitrogen and oxygen atoms in total. The second-order valence-corrected chi connectivity index (χ2v) is 7.97. The zero-order chi connectivity index (χ0) is 19.0. The molecule has 1 aromatic heterocycles. The van der Waals surface area contributed by atoms with E-state index >= 15 is 0 Å². The molecule has 1 fully saturated rings. The topological polar surface area (TPSA) is 51.2 Å². The van der Waals surface area contributed by atoms with Gasteiger partial charge in [-0.05, 0) is 61.7 Å². The molecule has 1 N–H and O–H groups in total. The number of nitrogens with one attached hydrogen (secondary N) is 1. The van der Waals surface area contributed by atoms with Crippen LogP contribution >= 0.6 is 22.9 Å². The van der Waals surface area contributed by atoms with Gasteiger partial charge in [0.1, 0.15) is 5.75 Å². The quantitative estimate of drug-likeness (QED) is 0.581. The number of carbonyl (C=O) groups is 1. The molecule has 1 amide bonds. The van der Waals surface area contributed by atoms with Crippen molar-refractivity contribution in [2.75, 3.05) is 12.4 Å². The summed E-state index contributed by atoms with van der Waals surface area (Å²) in [5, 5.41) is 6.72. The second-order valence-electron chi connectivity index (χ2n) is 6.67. The Labute approximate surface area is 167 Å². The molecule has 3 aromatic rings. The van der Waals surface area contributed by atoms with Crippen LogP contribution in [-0.4, -0.2) is 18.0 Å². The predicted molar refractivity (Wildman–Crippen MR) is 110 cm³/mol. The molecule has 0 saturated heterocycles. The van der Waals surface area contributed by atoms with Crippen LogP contribution in [0, 0.1) is 6.92 Å².